The van der Waals surface area contributed by atoms with E-state index in [9.17, 15) is 5.26 Å². The summed E-state index contributed by atoms with van der Waals surface area (Å²) in [7, 11) is 3.82. The number of aryl methyl sites for hydroxylation is 2. The van der Waals surface area contributed by atoms with Crippen molar-refractivity contribution in [3.63, 3.8) is 0 Å². The number of aromatic nitrogens is 4. The zero-order chi connectivity index (χ0) is 25.1. The second-order valence-corrected chi connectivity index (χ2v) is 8.66. The Bertz CT molecular complexity index is 1850. The molecule has 0 N–H and O–H groups in total. The highest BCUT2D eigenvalue weighted by molar-refractivity contribution is 5.95. The molecule has 0 bridgehead atoms. The van der Waals surface area contributed by atoms with Gasteiger partial charge in [-0.25, -0.2) is 14.8 Å². The van der Waals surface area contributed by atoms with Crippen LogP contribution in [0.5, 0.6) is 0 Å². The van der Waals surface area contributed by atoms with E-state index >= 15 is 0 Å². The number of para-hydroxylation sites is 4. The summed E-state index contributed by atoms with van der Waals surface area (Å²) in [6, 6.07) is 17.2. The summed E-state index contributed by atoms with van der Waals surface area (Å²) < 4.78 is 15.9. The van der Waals surface area contributed by atoms with Gasteiger partial charge in [-0.1, -0.05) is 24.3 Å². The topological polar surface area (TPSA) is 90.1 Å². The van der Waals surface area contributed by atoms with Crippen molar-refractivity contribution >= 4 is 44.2 Å². The minimum atomic E-state index is 0.263. The number of nitriles is 1. The van der Waals surface area contributed by atoms with E-state index in [1.54, 1.807) is 0 Å². The zero-order valence-electron chi connectivity index (χ0n) is 20.1. The molecule has 36 heavy (non-hydrogen) atoms. The molecule has 4 aromatic heterocycles. The molecule has 0 unspecified atom stereocenters. The average Bonchev–Trinajstić information content (AvgIpc) is 3.62. The molecule has 0 spiro atoms. The Morgan fingerprint density at radius 2 is 1.33 bits per heavy atom. The van der Waals surface area contributed by atoms with Gasteiger partial charge in [-0.05, 0) is 38.1 Å². The van der Waals surface area contributed by atoms with Crippen LogP contribution < -0.4 is 10.7 Å². The van der Waals surface area contributed by atoms with Gasteiger partial charge in [0.15, 0.2) is 11.2 Å². The van der Waals surface area contributed by atoms with E-state index in [2.05, 4.69) is 20.9 Å². The van der Waals surface area contributed by atoms with E-state index in [0.717, 1.165) is 22.2 Å². The second-order valence-electron chi connectivity index (χ2n) is 8.66. The van der Waals surface area contributed by atoms with E-state index < -0.39 is 0 Å². The minimum absolute atomic E-state index is 0.263. The normalized spacial score (nSPS) is 13.3. The van der Waals surface area contributed by atoms with Gasteiger partial charge in [0.1, 0.15) is 22.7 Å². The lowest BCUT2D eigenvalue weighted by Gasteiger charge is -2.04. The van der Waals surface area contributed by atoms with Crippen LogP contribution >= 0.6 is 0 Å². The maximum absolute atomic E-state index is 10.2. The predicted molar refractivity (Wildman–Crippen MR) is 136 cm³/mol. The first-order valence-corrected chi connectivity index (χ1v) is 11.3. The molecule has 8 nitrogen and oxygen atoms in total. The van der Waals surface area contributed by atoms with Crippen LogP contribution in [0.4, 0.5) is 0 Å². The summed E-state index contributed by atoms with van der Waals surface area (Å²) in [5.74, 6) is 0.529. The van der Waals surface area contributed by atoms with Gasteiger partial charge in [-0.15, -0.1) is 0 Å². The van der Waals surface area contributed by atoms with Crippen molar-refractivity contribution in [3.8, 4) is 6.07 Å². The zero-order valence-corrected chi connectivity index (χ0v) is 20.1. The maximum atomic E-state index is 10.2. The number of nitrogens with zero attached hydrogens (tertiary/aromatic N) is 6. The Hall–Kier alpha value is -5.08. The first kappa shape index (κ1) is 21.5. The fourth-order valence-electron chi connectivity index (χ4n) is 4.87. The molecule has 4 heterocycles. The summed E-state index contributed by atoms with van der Waals surface area (Å²) in [6.45, 7) is 12.0. The van der Waals surface area contributed by atoms with Crippen LogP contribution in [0.2, 0.25) is 0 Å². The number of hydrogen-bond acceptors (Lipinski definition) is 5. The lowest BCUT2D eigenvalue weighted by atomic mass is 10.1. The van der Waals surface area contributed by atoms with Crippen molar-refractivity contribution in [2.45, 2.75) is 13.8 Å². The number of rotatable bonds is 2. The molecule has 0 radical (unpaired) electrons. The average molecular weight is 473 g/mol. The van der Waals surface area contributed by atoms with Crippen LogP contribution in [-0.4, -0.2) is 19.1 Å². The standard InChI is InChI=1S/C28H20N6O2/c1-15-22-23(26(34(15)5)24(30-3)28-32-19-11-7-9-13-21(19)36-28)16(2)33(4)25(22)17(14-29)27-31-18-10-6-8-12-20(18)35-27/h6-13H,1-2,4-5H3/b25-17-,26-24+. The fourth-order valence-corrected chi connectivity index (χ4v) is 4.87. The fraction of sp³-hybridized carbons (Fsp3) is 0.143. The van der Waals surface area contributed by atoms with Gasteiger partial charge in [-0.3, -0.25) is 0 Å². The molecule has 0 saturated carbocycles. The van der Waals surface area contributed by atoms with Crippen LogP contribution in [0.15, 0.2) is 57.4 Å². The monoisotopic (exact) mass is 472 g/mol. The van der Waals surface area contributed by atoms with Crippen LogP contribution in [-0.2, 0) is 14.1 Å². The van der Waals surface area contributed by atoms with Crippen molar-refractivity contribution < 1.29 is 8.83 Å². The molecule has 0 atom stereocenters. The molecular formula is C28H20N6O2. The molecule has 8 heteroatoms. The summed E-state index contributed by atoms with van der Waals surface area (Å²) >= 11 is 0. The van der Waals surface area contributed by atoms with Crippen LogP contribution in [0.1, 0.15) is 23.2 Å². The Morgan fingerprint density at radius 3 is 1.89 bits per heavy atom. The quantitative estimate of drug-likeness (QED) is 0.352. The smallest absolute Gasteiger partial charge is 0.271 e. The van der Waals surface area contributed by atoms with Crippen molar-refractivity contribution in [2.75, 3.05) is 0 Å². The van der Waals surface area contributed by atoms with Gasteiger partial charge < -0.3 is 18.0 Å². The lowest BCUT2D eigenvalue weighted by Crippen LogP contribution is -2.21. The Kier molecular flexibility index (Phi) is 4.60. The molecule has 2 aromatic carbocycles. The van der Waals surface area contributed by atoms with Gasteiger partial charge in [0.2, 0.25) is 11.8 Å². The highest BCUT2D eigenvalue weighted by atomic mass is 16.4. The van der Waals surface area contributed by atoms with Gasteiger partial charge in [0.25, 0.3) is 5.70 Å². The van der Waals surface area contributed by atoms with E-state index in [-0.39, 0.29) is 11.8 Å². The third-order valence-electron chi connectivity index (χ3n) is 6.81. The molecule has 0 aliphatic rings. The third-order valence-corrected chi connectivity index (χ3v) is 6.81. The summed E-state index contributed by atoms with van der Waals surface area (Å²) in [5, 5.41) is 13.4. The molecular weight excluding hydrogens is 452 g/mol. The van der Waals surface area contributed by atoms with Crippen molar-refractivity contribution in [1.82, 2.24) is 19.1 Å². The van der Waals surface area contributed by atoms with E-state index in [4.69, 9.17) is 15.4 Å². The third kappa shape index (κ3) is 2.85. The van der Waals surface area contributed by atoms with Gasteiger partial charge in [0.05, 0.1) is 17.3 Å². The number of fused-ring (bicyclic) bond motifs is 3. The van der Waals surface area contributed by atoms with Crippen molar-refractivity contribution in [3.05, 3.63) is 93.8 Å². The number of hydrogen-bond donors (Lipinski definition) is 0. The van der Waals surface area contributed by atoms with Gasteiger partial charge in [-0.2, -0.15) is 5.26 Å². The van der Waals surface area contributed by atoms with E-state index in [1.807, 2.05) is 85.6 Å². The maximum Gasteiger partial charge on any atom is 0.271 e. The molecule has 0 amide bonds. The Morgan fingerprint density at radius 1 is 0.833 bits per heavy atom. The van der Waals surface area contributed by atoms with Crippen molar-refractivity contribution in [1.29, 1.82) is 5.26 Å². The minimum Gasteiger partial charge on any atom is -0.447 e. The molecule has 6 rings (SSSR count). The summed E-state index contributed by atoms with van der Waals surface area (Å²) in [4.78, 5) is 13.0. The first-order valence-electron chi connectivity index (χ1n) is 11.3. The van der Waals surface area contributed by atoms with Gasteiger partial charge >= 0.3 is 0 Å². The Balaban J connectivity index is 1.78. The largest absolute Gasteiger partial charge is 0.447 e. The molecule has 174 valence electrons. The van der Waals surface area contributed by atoms with E-state index in [0.29, 0.717) is 44.2 Å². The van der Waals surface area contributed by atoms with Crippen LogP contribution in [0.3, 0.4) is 0 Å². The molecule has 0 fully saturated rings. The first-order chi connectivity index (χ1) is 17.4. The SMILES string of the molecule is [C-]#[N+]/C(c1nc2ccccc2o1)=c1\c2c(C)n(C)/c(=C(/C#N)c3nc4ccccc4o3)c2c(C)n1C. The van der Waals surface area contributed by atoms with Crippen LogP contribution in [0.25, 0.3) is 49.1 Å². The highest BCUT2D eigenvalue weighted by Crippen LogP contribution is 2.25. The summed E-state index contributed by atoms with van der Waals surface area (Å²) in [5.41, 5.74) is 5.07. The molecule has 0 aliphatic heterocycles. The number of benzene rings is 2. The second kappa shape index (κ2) is 7.72. The summed E-state index contributed by atoms with van der Waals surface area (Å²) in [6.07, 6.45) is 0. The van der Waals surface area contributed by atoms with Crippen molar-refractivity contribution in [2.24, 2.45) is 14.1 Å². The van der Waals surface area contributed by atoms with E-state index in [1.165, 1.54) is 0 Å². The lowest BCUT2D eigenvalue weighted by molar-refractivity contribution is 0.584. The highest BCUT2D eigenvalue weighted by Gasteiger charge is 2.24. The number of oxazole rings is 2. The predicted octanol–water partition coefficient (Wildman–Crippen LogP) is 4.21. The molecule has 0 aliphatic carbocycles. The molecule has 0 saturated heterocycles. The Labute approximate surface area is 205 Å². The van der Waals surface area contributed by atoms with Gasteiger partial charge in [0, 0.05) is 36.3 Å². The molecule has 6 aromatic rings. The van der Waals surface area contributed by atoms with Crippen LogP contribution in [0, 0.1) is 31.8 Å².